The van der Waals surface area contributed by atoms with Gasteiger partial charge in [-0.05, 0) is 32.1 Å². The topological polar surface area (TPSA) is 67.2 Å². The number of nitrogens with zero attached hydrogens (tertiary/aromatic N) is 2. The van der Waals surface area contributed by atoms with Crippen LogP contribution in [0.25, 0.3) is 0 Å². The molecular formula is C16H29N3O2. The monoisotopic (exact) mass is 295 g/mol. The highest BCUT2D eigenvalue weighted by Gasteiger charge is 2.23. The molecule has 0 aliphatic carbocycles. The molecule has 0 saturated heterocycles. The summed E-state index contributed by atoms with van der Waals surface area (Å²) in [6, 6.07) is -0.231. The Balaban J connectivity index is 2.88. The summed E-state index contributed by atoms with van der Waals surface area (Å²) in [7, 11) is 0. The Morgan fingerprint density at radius 3 is 2.48 bits per heavy atom. The highest BCUT2D eigenvalue weighted by Crippen LogP contribution is 2.21. The van der Waals surface area contributed by atoms with E-state index in [9.17, 15) is 9.90 Å². The number of aliphatic hydroxyl groups is 1. The maximum Gasteiger partial charge on any atom is 0.255 e. The molecule has 1 atom stereocenters. The molecule has 0 aliphatic heterocycles. The van der Waals surface area contributed by atoms with Gasteiger partial charge in [-0.15, -0.1) is 0 Å². The fourth-order valence-corrected chi connectivity index (χ4v) is 2.61. The Hall–Kier alpha value is -1.36. The van der Waals surface area contributed by atoms with E-state index in [0.717, 1.165) is 30.8 Å². The SMILES string of the molecule is CCCn1nc(C)c(C(=O)NC(CO)CC(C)(C)C)c1C. The van der Waals surface area contributed by atoms with Crippen molar-refractivity contribution in [3.05, 3.63) is 17.0 Å². The van der Waals surface area contributed by atoms with Crippen molar-refractivity contribution in [1.29, 1.82) is 0 Å². The molecule has 21 heavy (non-hydrogen) atoms. The first-order valence-electron chi connectivity index (χ1n) is 7.65. The van der Waals surface area contributed by atoms with E-state index in [4.69, 9.17) is 0 Å². The van der Waals surface area contributed by atoms with Crippen LogP contribution < -0.4 is 5.32 Å². The summed E-state index contributed by atoms with van der Waals surface area (Å²) in [5, 5.41) is 16.8. The summed E-state index contributed by atoms with van der Waals surface area (Å²) in [6.07, 6.45) is 1.71. The maximum atomic E-state index is 12.5. The average molecular weight is 295 g/mol. The molecule has 0 spiro atoms. The number of hydrogen-bond donors (Lipinski definition) is 2. The quantitative estimate of drug-likeness (QED) is 0.847. The van der Waals surface area contributed by atoms with E-state index in [2.05, 4.69) is 38.1 Å². The van der Waals surface area contributed by atoms with Crippen LogP contribution in [0.4, 0.5) is 0 Å². The number of carbonyl (C=O) groups excluding carboxylic acids is 1. The van der Waals surface area contributed by atoms with Gasteiger partial charge in [0.25, 0.3) is 5.91 Å². The highest BCUT2D eigenvalue weighted by molar-refractivity contribution is 5.96. The fourth-order valence-electron chi connectivity index (χ4n) is 2.61. The smallest absolute Gasteiger partial charge is 0.255 e. The second kappa shape index (κ2) is 7.07. The van der Waals surface area contributed by atoms with Gasteiger partial charge in [0.2, 0.25) is 0 Å². The van der Waals surface area contributed by atoms with Gasteiger partial charge >= 0.3 is 0 Å². The molecule has 1 aromatic heterocycles. The molecule has 0 saturated carbocycles. The van der Waals surface area contributed by atoms with Crippen LogP contribution in [0.1, 0.15) is 62.3 Å². The minimum absolute atomic E-state index is 0.0514. The number of aryl methyl sites for hydroxylation is 2. The van der Waals surface area contributed by atoms with Crippen LogP contribution in [-0.4, -0.2) is 33.4 Å². The number of carbonyl (C=O) groups is 1. The Bertz CT molecular complexity index is 486. The van der Waals surface area contributed by atoms with E-state index in [1.165, 1.54) is 0 Å². The Morgan fingerprint density at radius 1 is 1.38 bits per heavy atom. The summed E-state index contributed by atoms with van der Waals surface area (Å²) in [5.74, 6) is -0.143. The first kappa shape index (κ1) is 17.7. The van der Waals surface area contributed by atoms with Crippen molar-refractivity contribution in [2.24, 2.45) is 5.41 Å². The molecule has 5 heteroatoms. The van der Waals surface area contributed by atoms with Crippen molar-refractivity contribution >= 4 is 5.91 Å². The summed E-state index contributed by atoms with van der Waals surface area (Å²) in [6.45, 7) is 12.9. The molecular weight excluding hydrogens is 266 g/mol. The second-order valence-electron chi connectivity index (χ2n) is 6.89. The number of aliphatic hydroxyl groups excluding tert-OH is 1. The minimum Gasteiger partial charge on any atom is -0.394 e. The van der Waals surface area contributed by atoms with Gasteiger partial charge < -0.3 is 10.4 Å². The Kier molecular flexibility index (Phi) is 5.96. The third kappa shape index (κ3) is 4.84. The molecule has 1 amide bonds. The van der Waals surface area contributed by atoms with E-state index >= 15 is 0 Å². The van der Waals surface area contributed by atoms with Crippen LogP contribution in [0.15, 0.2) is 0 Å². The molecule has 5 nitrogen and oxygen atoms in total. The Labute approximate surface area is 127 Å². The number of rotatable bonds is 6. The predicted molar refractivity (Wildman–Crippen MR) is 84.4 cm³/mol. The minimum atomic E-state index is -0.231. The van der Waals surface area contributed by atoms with Crippen LogP contribution in [0, 0.1) is 19.3 Å². The van der Waals surface area contributed by atoms with Gasteiger partial charge in [-0.3, -0.25) is 9.48 Å². The van der Waals surface area contributed by atoms with Gasteiger partial charge in [0, 0.05) is 12.2 Å². The molecule has 1 rings (SSSR count). The molecule has 0 aromatic carbocycles. The van der Waals surface area contributed by atoms with E-state index in [1.807, 2.05) is 18.5 Å². The van der Waals surface area contributed by atoms with Gasteiger partial charge in [-0.2, -0.15) is 5.10 Å². The number of hydrogen-bond acceptors (Lipinski definition) is 3. The van der Waals surface area contributed by atoms with Crippen molar-refractivity contribution in [1.82, 2.24) is 15.1 Å². The first-order valence-corrected chi connectivity index (χ1v) is 7.65. The van der Waals surface area contributed by atoms with E-state index in [0.29, 0.717) is 5.56 Å². The van der Waals surface area contributed by atoms with Gasteiger partial charge in [-0.25, -0.2) is 0 Å². The zero-order valence-electron chi connectivity index (χ0n) is 14.2. The van der Waals surface area contributed by atoms with Crippen molar-refractivity contribution in [2.45, 2.75) is 67.0 Å². The highest BCUT2D eigenvalue weighted by atomic mass is 16.3. The van der Waals surface area contributed by atoms with Crippen molar-refractivity contribution in [2.75, 3.05) is 6.61 Å². The van der Waals surface area contributed by atoms with E-state index < -0.39 is 0 Å². The third-order valence-corrected chi connectivity index (χ3v) is 3.46. The van der Waals surface area contributed by atoms with Gasteiger partial charge in [0.15, 0.2) is 0 Å². The first-order chi connectivity index (χ1) is 9.69. The van der Waals surface area contributed by atoms with Gasteiger partial charge in [0.1, 0.15) is 0 Å². The van der Waals surface area contributed by atoms with Gasteiger partial charge in [-0.1, -0.05) is 27.7 Å². The summed E-state index contributed by atoms with van der Waals surface area (Å²) < 4.78 is 1.88. The van der Waals surface area contributed by atoms with Crippen molar-refractivity contribution < 1.29 is 9.90 Å². The van der Waals surface area contributed by atoms with Crippen molar-refractivity contribution in [3.8, 4) is 0 Å². The molecule has 0 bridgehead atoms. The van der Waals surface area contributed by atoms with Crippen LogP contribution >= 0.6 is 0 Å². The zero-order valence-corrected chi connectivity index (χ0v) is 14.2. The average Bonchev–Trinajstić information content (AvgIpc) is 2.62. The number of amides is 1. The molecule has 0 aliphatic rings. The van der Waals surface area contributed by atoms with E-state index in [-0.39, 0.29) is 24.0 Å². The molecule has 0 fully saturated rings. The lowest BCUT2D eigenvalue weighted by atomic mass is 9.88. The van der Waals surface area contributed by atoms with Crippen molar-refractivity contribution in [3.63, 3.8) is 0 Å². The summed E-state index contributed by atoms with van der Waals surface area (Å²) in [5.41, 5.74) is 2.32. The standard InChI is InChI=1S/C16H29N3O2/c1-7-8-19-12(3)14(11(2)18-19)15(21)17-13(10-20)9-16(4,5)6/h13,20H,7-10H2,1-6H3,(H,17,21). The lowest BCUT2D eigenvalue weighted by Gasteiger charge is -2.25. The molecule has 2 N–H and O–H groups in total. The van der Waals surface area contributed by atoms with Gasteiger partial charge in [0.05, 0.1) is 23.9 Å². The predicted octanol–water partition coefficient (Wildman–Crippen LogP) is 2.44. The van der Waals surface area contributed by atoms with Crippen LogP contribution in [0.2, 0.25) is 0 Å². The second-order valence-corrected chi connectivity index (χ2v) is 6.89. The van der Waals surface area contributed by atoms with Crippen LogP contribution in [0.5, 0.6) is 0 Å². The third-order valence-electron chi connectivity index (χ3n) is 3.46. The summed E-state index contributed by atoms with van der Waals surface area (Å²) >= 11 is 0. The normalized spacial score (nSPS) is 13.3. The Morgan fingerprint density at radius 2 is 2.00 bits per heavy atom. The lowest BCUT2D eigenvalue weighted by Crippen LogP contribution is -2.40. The molecule has 1 heterocycles. The molecule has 0 radical (unpaired) electrons. The van der Waals surface area contributed by atoms with E-state index in [1.54, 1.807) is 0 Å². The van der Waals surface area contributed by atoms with Crippen LogP contribution in [0.3, 0.4) is 0 Å². The van der Waals surface area contributed by atoms with Crippen LogP contribution in [-0.2, 0) is 6.54 Å². The molecule has 1 unspecified atom stereocenters. The lowest BCUT2D eigenvalue weighted by molar-refractivity contribution is 0.0896. The fraction of sp³-hybridized carbons (Fsp3) is 0.750. The number of nitrogens with one attached hydrogen (secondary N) is 1. The molecule has 1 aromatic rings. The summed E-state index contributed by atoms with van der Waals surface area (Å²) in [4.78, 5) is 12.5. The number of aromatic nitrogens is 2. The molecule has 120 valence electrons. The zero-order chi connectivity index (χ0) is 16.2. The largest absolute Gasteiger partial charge is 0.394 e. The maximum absolute atomic E-state index is 12.5.